The fraction of sp³-hybridized carbons (Fsp3) is 0.333. The summed E-state index contributed by atoms with van der Waals surface area (Å²) in [7, 11) is -3.20. The lowest BCUT2D eigenvalue weighted by Gasteiger charge is -2.13. The third-order valence-corrected chi connectivity index (χ3v) is 5.97. The van der Waals surface area contributed by atoms with Gasteiger partial charge in [-0.25, -0.2) is 9.78 Å². The maximum absolute atomic E-state index is 12.5. The number of rotatable bonds is 7. The molecule has 0 aliphatic rings. The minimum Gasteiger partial charge on any atom is -0.461 e. The Balaban J connectivity index is 1.93. The fourth-order valence-corrected chi connectivity index (χ4v) is 4.27. The molecule has 2 aromatic heterocycles. The normalized spacial score (nSPS) is 11.4. The summed E-state index contributed by atoms with van der Waals surface area (Å²) in [6, 6.07) is 7.41. The first-order valence-corrected chi connectivity index (χ1v) is 11.2. The quantitative estimate of drug-likeness (QED) is 0.348. The number of hydrogen-bond acceptors (Lipinski definition) is 6. The lowest BCUT2D eigenvalue weighted by Crippen LogP contribution is -2.06. The monoisotopic (exact) mass is 414 g/mol. The molecule has 0 atom stereocenters. The van der Waals surface area contributed by atoms with Crippen LogP contribution in [0.3, 0.4) is 0 Å². The van der Waals surface area contributed by atoms with Gasteiger partial charge in [0.25, 0.3) is 0 Å². The van der Waals surface area contributed by atoms with Gasteiger partial charge in [0.1, 0.15) is 11.9 Å². The summed E-state index contributed by atoms with van der Waals surface area (Å²) in [5.41, 5.74) is 2.73. The van der Waals surface area contributed by atoms with Gasteiger partial charge in [0, 0.05) is 21.9 Å². The summed E-state index contributed by atoms with van der Waals surface area (Å²) in [6.45, 7) is 6.18. The average Bonchev–Trinajstić information content (AvgIpc) is 3.06. The lowest BCUT2D eigenvalue weighted by molar-refractivity contribution is 0.0519. The molecule has 0 saturated carbocycles. The van der Waals surface area contributed by atoms with Crippen LogP contribution >= 0.6 is 7.60 Å². The van der Waals surface area contributed by atoms with Crippen LogP contribution in [0.25, 0.3) is 21.8 Å². The number of aromatic amines is 1. The second kappa shape index (κ2) is 9.23. The first-order chi connectivity index (χ1) is 14.0. The van der Waals surface area contributed by atoms with E-state index in [0.29, 0.717) is 19.8 Å². The van der Waals surface area contributed by atoms with Crippen molar-refractivity contribution in [2.24, 2.45) is 0 Å². The molecule has 0 radical (unpaired) electrons. The van der Waals surface area contributed by atoms with Crippen molar-refractivity contribution in [3.05, 3.63) is 41.7 Å². The smallest absolute Gasteiger partial charge is 0.356 e. The highest BCUT2D eigenvalue weighted by Crippen LogP contribution is 2.47. The number of carbonyl (C=O) groups excluding carboxylic acids is 1. The first-order valence-electron chi connectivity index (χ1n) is 9.45. The summed E-state index contributed by atoms with van der Waals surface area (Å²) >= 11 is 0. The zero-order valence-corrected chi connectivity index (χ0v) is 17.5. The molecule has 152 valence electrons. The number of pyridine rings is 1. The van der Waals surface area contributed by atoms with Crippen LogP contribution in [-0.2, 0) is 18.3 Å². The van der Waals surface area contributed by atoms with Gasteiger partial charge in [0.05, 0.1) is 31.5 Å². The molecular weight excluding hydrogens is 391 g/mol. The predicted octanol–water partition coefficient (Wildman–Crippen LogP) is 4.51. The van der Waals surface area contributed by atoms with Crippen molar-refractivity contribution in [3.63, 3.8) is 0 Å². The number of ether oxygens (including phenoxy) is 1. The van der Waals surface area contributed by atoms with Crippen LogP contribution < -0.4 is 0 Å². The van der Waals surface area contributed by atoms with E-state index in [9.17, 15) is 9.36 Å². The summed E-state index contributed by atoms with van der Waals surface area (Å²) in [5, 5.41) is 1.77. The van der Waals surface area contributed by atoms with Gasteiger partial charge in [-0.15, -0.1) is 0 Å². The molecule has 0 spiro atoms. The van der Waals surface area contributed by atoms with Gasteiger partial charge in [-0.05, 0) is 45.0 Å². The van der Waals surface area contributed by atoms with E-state index in [2.05, 4.69) is 21.8 Å². The number of carbonyl (C=O) groups is 1. The second-order valence-electron chi connectivity index (χ2n) is 6.13. The van der Waals surface area contributed by atoms with Crippen LogP contribution in [0.5, 0.6) is 0 Å². The van der Waals surface area contributed by atoms with E-state index in [1.807, 2.05) is 18.2 Å². The van der Waals surface area contributed by atoms with Crippen molar-refractivity contribution in [2.45, 2.75) is 20.8 Å². The zero-order valence-electron chi connectivity index (χ0n) is 16.7. The van der Waals surface area contributed by atoms with Crippen molar-refractivity contribution in [2.75, 3.05) is 26.0 Å². The van der Waals surface area contributed by atoms with Gasteiger partial charge in [-0.3, -0.25) is 4.57 Å². The second-order valence-corrected chi connectivity index (χ2v) is 8.18. The van der Waals surface area contributed by atoms with Crippen LogP contribution in [0.2, 0.25) is 0 Å². The number of benzene rings is 1. The molecule has 3 rings (SSSR count). The summed E-state index contributed by atoms with van der Waals surface area (Å²) in [5.74, 6) is 5.47. The van der Waals surface area contributed by atoms with Gasteiger partial charge in [0.15, 0.2) is 0 Å². The summed E-state index contributed by atoms with van der Waals surface area (Å²) < 4.78 is 28.0. The molecule has 0 bridgehead atoms. The Morgan fingerprint density at radius 2 is 1.79 bits per heavy atom. The molecule has 0 saturated heterocycles. The Bertz CT molecular complexity index is 1130. The van der Waals surface area contributed by atoms with Gasteiger partial charge in [-0.1, -0.05) is 11.8 Å². The topological polar surface area (TPSA) is 90.5 Å². The third kappa shape index (κ3) is 4.86. The fourth-order valence-electron chi connectivity index (χ4n) is 2.95. The molecule has 0 aliphatic carbocycles. The molecule has 2 heterocycles. The van der Waals surface area contributed by atoms with Crippen molar-refractivity contribution in [3.8, 4) is 11.8 Å². The molecular formula is C21H23N2O5P. The van der Waals surface area contributed by atoms with E-state index in [1.165, 1.54) is 0 Å². The van der Waals surface area contributed by atoms with E-state index in [1.54, 1.807) is 33.0 Å². The van der Waals surface area contributed by atoms with Crippen molar-refractivity contribution < 1.29 is 23.1 Å². The van der Waals surface area contributed by atoms with Crippen molar-refractivity contribution >= 4 is 35.4 Å². The molecule has 0 fully saturated rings. The Hall–Kier alpha value is -2.65. The van der Waals surface area contributed by atoms with E-state index < -0.39 is 13.6 Å². The molecule has 1 N–H and O–H groups in total. The van der Waals surface area contributed by atoms with E-state index in [4.69, 9.17) is 13.8 Å². The molecule has 0 unspecified atom stereocenters. The molecule has 7 nitrogen and oxygen atoms in total. The number of hydrogen-bond donors (Lipinski definition) is 1. The summed E-state index contributed by atoms with van der Waals surface area (Å²) in [4.78, 5) is 19.4. The number of nitrogens with one attached hydrogen (secondary N) is 1. The predicted molar refractivity (Wildman–Crippen MR) is 112 cm³/mol. The number of esters is 1. The molecule has 1 aromatic carbocycles. The number of fused-ring (bicyclic) bond motifs is 3. The molecule has 0 aliphatic heterocycles. The van der Waals surface area contributed by atoms with Gasteiger partial charge < -0.3 is 18.8 Å². The molecule has 3 aromatic rings. The largest absolute Gasteiger partial charge is 0.461 e. The maximum atomic E-state index is 12.5. The minimum absolute atomic E-state index is 0.0253. The van der Waals surface area contributed by atoms with Crippen LogP contribution in [0.15, 0.2) is 30.5 Å². The SMILES string of the molecule is CCOC(=O)c1cc2c(cn1)[nH]c1ccc(C#CCP(=O)(OCC)OCC)cc12. The molecule has 0 amide bonds. The Labute approximate surface area is 169 Å². The number of nitrogens with zero attached hydrogens (tertiary/aromatic N) is 1. The highest BCUT2D eigenvalue weighted by atomic mass is 31.2. The van der Waals surface area contributed by atoms with Gasteiger partial charge in [0.2, 0.25) is 0 Å². The van der Waals surface area contributed by atoms with Crippen molar-refractivity contribution in [1.82, 2.24) is 9.97 Å². The zero-order chi connectivity index (χ0) is 20.9. The summed E-state index contributed by atoms with van der Waals surface area (Å²) in [6.07, 6.45) is 1.64. The van der Waals surface area contributed by atoms with Crippen LogP contribution in [-0.4, -0.2) is 41.9 Å². The van der Waals surface area contributed by atoms with Gasteiger partial charge >= 0.3 is 13.6 Å². The molecule has 8 heteroatoms. The standard InChI is InChI=1S/C21H23N2O5P/c1-4-26-21(24)19-13-17-16-12-15(9-10-18(16)23-20(17)14-22-19)8-7-11-29(25,27-5-2)28-6-3/h9-10,12-14,23H,4-6,11H2,1-3H3. The number of H-pyrrole nitrogens is 1. The maximum Gasteiger partial charge on any atom is 0.356 e. The van der Waals surface area contributed by atoms with Crippen molar-refractivity contribution in [1.29, 1.82) is 0 Å². The molecule has 29 heavy (non-hydrogen) atoms. The third-order valence-electron chi connectivity index (χ3n) is 4.12. The Kier molecular flexibility index (Phi) is 6.71. The average molecular weight is 414 g/mol. The number of aromatic nitrogens is 2. The van der Waals surface area contributed by atoms with E-state index >= 15 is 0 Å². The van der Waals surface area contributed by atoms with E-state index in [0.717, 1.165) is 27.4 Å². The van der Waals surface area contributed by atoms with Crippen LogP contribution in [0.1, 0.15) is 36.8 Å². The first kappa shape index (κ1) is 21.1. The Morgan fingerprint density at radius 1 is 1.07 bits per heavy atom. The highest BCUT2D eigenvalue weighted by Gasteiger charge is 2.21. The Morgan fingerprint density at radius 3 is 2.48 bits per heavy atom. The minimum atomic E-state index is -3.20. The van der Waals surface area contributed by atoms with Gasteiger partial charge in [-0.2, -0.15) is 0 Å². The van der Waals surface area contributed by atoms with Crippen LogP contribution in [0, 0.1) is 11.8 Å². The van der Waals surface area contributed by atoms with E-state index in [-0.39, 0.29) is 11.9 Å². The van der Waals surface area contributed by atoms with Crippen LogP contribution in [0.4, 0.5) is 0 Å². The highest BCUT2D eigenvalue weighted by molar-refractivity contribution is 7.54. The lowest BCUT2D eigenvalue weighted by atomic mass is 10.1.